The lowest BCUT2D eigenvalue weighted by Gasteiger charge is -2.19. The molecule has 0 saturated carbocycles. The number of hydrogen-bond acceptors (Lipinski definition) is 4. The van der Waals surface area contributed by atoms with E-state index in [1.54, 1.807) is 38.6 Å². The van der Waals surface area contributed by atoms with Gasteiger partial charge in [-0.25, -0.2) is 13.4 Å². The summed E-state index contributed by atoms with van der Waals surface area (Å²) in [6.45, 7) is 0.741. The first-order chi connectivity index (χ1) is 9.96. The Labute approximate surface area is 125 Å². The highest BCUT2D eigenvalue weighted by atomic mass is 32.2. The van der Waals surface area contributed by atoms with E-state index in [9.17, 15) is 8.42 Å². The molecule has 114 valence electrons. The summed E-state index contributed by atoms with van der Waals surface area (Å²) in [6.07, 6.45) is 3.45. The van der Waals surface area contributed by atoms with Crippen molar-refractivity contribution in [1.29, 1.82) is 0 Å². The third-order valence-electron chi connectivity index (χ3n) is 3.31. The van der Waals surface area contributed by atoms with E-state index in [1.165, 1.54) is 4.31 Å². The van der Waals surface area contributed by atoms with Crippen molar-refractivity contribution in [2.75, 3.05) is 14.1 Å². The Morgan fingerprint density at radius 1 is 1.33 bits per heavy atom. The maximum atomic E-state index is 12.7. The maximum absolute atomic E-state index is 12.7. The van der Waals surface area contributed by atoms with Crippen LogP contribution in [0.2, 0.25) is 0 Å². The first-order valence-electron chi connectivity index (χ1n) is 6.62. The normalized spacial score (nSPS) is 12.0. The lowest BCUT2D eigenvalue weighted by Crippen LogP contribution is -2.29. The zero-order valence-electron chi connectivity index (χ0n) is 12.4. The fourth-order valence-corrected chi connectivity index (χ4v) is 3.44. The Balaban J connectivity index is 2.31. The van der Waals surface area contributed by atoms with E-state index in [2.05, 4.69) is 10.3 Å². The van der Waals surface area contributed by atoms with Crippen molar-refractivity contribution in [2.45, 2.75) is 18.0 Å². The van der Waals surface area contributed by atoms with E-state index in [1.807, 2.05) is 23.7 Å². The number of aromatic nitrogens is 2. The third-order valence-corrected chi connectivity index (χ3v) is 5.22. The summed E-state index contributed by atoms with van der Waals surface area (Å²) in [7, 11) is 1.66. The Hall–Kier alpha value is -1.70. The monoisotopic (exact) mass is 308 g/mol. The zero-order valence-corrected chi connectivity index (χ0v) is 13.3. The van der Waals surface area contributed by atoms with E-state index < -0.39 is 10.0 Å². The van der Waals surface area contributed by atoms with Crippen molar-refractivity contribution in [3.8, 4) is 0 Å². The topological polar surface area (TPSA) is 67.2 Å². The molecule has 0 unspecified atom stereocenters. The molecule has 0 aliphatic carbocycles. The second-order valence-corrected chi connectivity index (χ2v) is 6.87. The summed E-state index contributed by atoms with van der Waals surface area (Å²) in [5.74, 6) is 0.701. The molecule has 7 heteroatoms. The van der Waals surface area contributed by atoms with Crippen LogP contribution in [0.4, 0.5) is 0 Å². The molecule has 1 N–H and O–H groups in total. The fourth-order valence-electron chi connectivity index (χ4n) is 2.09. The highest BCUT2D eigenvalue weighted by Crippen LogP contribution is 2.20. The van der Waals surface area contributed by atoms with Gasteiger partial charge in [-0.15, -0.1) is 0 Å². The van der Waals surface area contributed by atoms with Crippen LogP contribution in [0, 0.1) is 0 Å². The van der Waals surface area contributed by atoms with Crippen molar-refractivity contribution >= 4 is 10.0 Å². The lowest BCUT2D eigenvalue weighted by atomic mass is 10.2. The van der Waals surface area contributed by atoms with Gasteiger partial charge in [0.05, 0.1) is 11.4 Å². The van der Waals surface area contributed by atoms with Crippen LogP contribution in [-0.4, -0.2) is 36.4 Å². The van der Waals surface area contributed by atoms with Gasteiger partial charge in [-0.05, 0) is 18.7 Å². The minimum atomic E-state index is -3.54. The van der Waals surface area contributed by atoms with Crippen LogP contribution in [0.1, 0.15) is 11.4 Å². The molecule has 0 fully saturated rings. The number of hydrogen-bond donors (Lipinski definition) is 1. The molecule has 0 radical (unpaired) electrons. The number of imidazole rings is 1. The molecule has 1 aromatic carbocycles. The van der Waals surface area contributed by atoms with Crippen molar-refractivity contribution in [1.82, 2.24) is 19.2 Å². The minimum Gasteiger partial charge on any atom is -0.337 e. The third kappa shape index (κ3) is 3.31. The van der Waals surface area contributed by atoms with Crippen LogP contribution in [0.5, 0.6) is 0 Å². The molecule has 1 heterocycles. The number of nitrogens with one attached hydrogen (secondary N) is 1. The fraction of sp³-hybridized carbons (Fsp3) is 0.357. The quantitative estimate of drug-likeness (QED) is 0.863. The molecular weight excluding hydrogens is 288 g/mol. The van der Waals surface area contributed by atoms with Crippen LogP contribution in [0.15, 0.2) is 41.6 Å². The molecule has 0 saturated heterocycles. The molecule has 0 aliphatic rings. The van der Waals surface area contributed by atoms with Crippen LogP contribution < -0.4 is 5.32 Å². The van der Waals surface area contributed by atoms with Gasteiger partial charge in [0.25, 0.3) is 0 Å². The number of rotatable bonds is 6. The van der Waals surface area contributed by atoms with Gasteiger partial charge in [0, 0.05) is 33.0 Å². The first kappa shape index (κ1) is 15.7. The molecule has 21 heavy (non-hydrogen) atoms. The second kappa shape index (κ2) is 6.38. The highest BCUT2D eigenvalue weighted by molar-refractivity contribution is 7.89. The maximum Gasteiger partial charge on any atom is 0.243 e. The van der Waals surface area contributed by atoms with Gasteiger partial charge in [0.15, 0.2) is 0 Å². The van der Waals surface area contributed by atoms with Crippen molar-refractivity contribution < 1.29 is 8.42 Å². The highest BCUT2D eigenvalue weighted by Gasteiger charge is 2.24. The zero-order chi connectivity index (χ0) is 15.5. The Kier molecular flexibility index (Phi) is 4.76. The molecule has 0 atom stereocenters. The van der Waals surface area contributed by atoms with Gasteiger partial charge in [0.1, 0.15) is 5.82 Å². The predicted molar refractivity (Wildman–Crippen MR) is 81.1 cm³/mol. The molecule has 6 nitrogen and oxygen atoms in total. The van der Waals surface area contributed by atoms with Crippen LogP contribution in [0.25, 0.3) is 0 Å². The Morgan fingerprint density at radius 2 is 2.05 bits per heavy atom. The van der Waals surface area contributed by atoms with E-state index >= 15 is 0 Å². The van der Waals surface area contributed by atoms with Gasteiger partial charge in [-0.1, -0.05) is 18.2 Å². The standard InChI is InChI=1S/C14H20N4O2S/c1-15-10-12-6-4-5-7-13(12)21(19,20)18(3)11-14-16-8-9-17(14)2/h4-9,15H,10-11H2,1-3H3. The van der Waals surface area contributed by atoms with Crippen LogP contribution in [0.3, 0.4) is 0 Å². The van der Waals surface area contributed by atoms with Crippen LogP contribution >= 0.6 is 0 Å². The van der Waals surface area contributed by atoms with Crippen molar-refractivity contribution in [2.24, 2.45) is 7.05 Å². The van der Waals surface area contributed by atoms with E-state index in [0.29, 0.717) is 17.3 Å². The summed E-state index contributed by atoms with van der Waals surface area (Å²) < 4.78 is 28.6. The van der Waals surface area contributed by atoms with Crippen LogP contribution in [-0.2, 0) is 30.2 Å². The number of sulfonamides is 1. The SMILES string of the molecule is CNCc1ccccc1S(=O)(=O)N(C)Cc1nccn1C. The molecular formula is C14H20N4O2S. The summed E-state index contributed by atoms with van der Waals surface area (Å²) in [5.41, 5.74) is 0.756. The van der Waals surface area contributed by atoms with E-state index in [4.69, 9.17) is 0 Å². The summed E-state index contributed by atoms with van der Waals surface area (Å²) in [4.78, 5) is 4.50. The molecule has 0 amide bonds. The molecule has 2 rings (SSSR count). The number of benzene rings is 1. The summed E-state index contributed by atoms with van der Waals surface area (Å²) in [6, 6.07) is 7.03. The Bertz CT molecular complexity index is 709. The van der Waals surface area contributed by atoms with Gasteiger partial charge in [-0.3, -0.25) is 0 Å². The molecule has 0 aliphatic heterocycles. The second-order valence-electron chi connectivity index (χ2n) is 4.85. The smallest absolute Gasteiger partial charge is 0.243 e. The average Bonchev–Trinajstić information content (AvgIpc) is 2.85. The molecule has 2 aromatic rings. The summed E-state index contributed by atoms with van der Waals surface area (Å²) in [5, 5.41) is 2.99. The van der Waals surface area contributed by atoms with Crippen molar-refractivity contribution in [3.05, 3.63) is 48.0 Å². The van der Waals surface area contributed by atoms with Gasteiger partial charge >= 0.3 is 0 Å². The largest absolute Gasteiger partial charge is 0.337 e. The molecule has 0 spiro atoms. The van der Waals surface area contributed by atoms with Crippen molar-refractivity contribution in [3.63, 3.8) is 0 Å². The minimum absolute atomic E-state index is 0.236. The predicted octanol–water partition coefficient (Wildman–Crippen LogP) is 0.960. The summed E-state index contributed by atoms with van der Waals surface area (Å²) >= 11 is 0. The van der Waals surface area contributed by atoms with Gasteiger partial charge < -0.3 is 9.88 Å². The number of aryl methyl sites for hydroxylation is 1. The molecule has 1 aromatic heterocycles. The average molecular weight is 308 g/mol. The van der Waals surface area contributed by atoms with E-state index in [0.717, 1.165) is 5.56 Å². The Morgan fingerprint density at radius 3 is 2.67 bits per heavy atom. The van der Waals surface area contributed by atoms with Gasteiger partial charge in [-0.2, -0.15) is 4.31 Å². The first-order valence-corrected chi connectivity index (χ1v) is 8.06. The lowest BCUT2D eigenvalue weighted by molar-refractivity contribution is 0.450. The van der Waals surface area contributed by atoms with Gasteiger partial charge in [0.2, 0.25) is 10.0 Å². The number of nitrogens with zero attached hydrogens (tertiary/aromatic N) is 3. The molecule has 0 bridgehead atoms. The van der Waals surface area contributed by atoms with E-state index in [-0.39, 0.29) is 6.54 Å².